The standard InChI is InChI=1S/C13H16FN3/c1-9-5-6-10(7-11(9)14)12-16-15-8-17(12)13(2,3)4/h5-8H,1-4H3. The fourth-order valence-electron chi connectivity index (χ4n) is 1.65. The van der Waals surface area contributed by atoms with Crippen LogP contribution >= 0.6 is 0 Å². The van der Waals surface area contributed by atoms with E-state index in [4.69, 9.17) is 0 Å². The van der Waals surface area contributed by atoms with Crippen LogP contribution in [0.3, 0.4) is 0 Å². The Morgan fingerprint density at radius 2 is 1.94 bits per heavy atom. The van der Waals surface area contributed by atoms with E-state index in [-0.39, 0.29) is 11.4 Å². The zero-order valence-corrected chi connectivity index (χ0v) is 10.5. The van der Waals surface area contributed by atoms with E-state index in [1.54, 1.807) is 19.3 Å². The van der Waals surface area contributed by atoms with Crippen LogP contribution < -0.4 is 0 Å². The van der Waals surface area contributed by atoms with Gasteiger partial charge in [-0.15, -0.1) is 10.2 Å². The van der Waals surface area contributed by atoms with Crippen LogP contribution in [-0.4, -0.2) is 14.8 Å². The van der Waals surface area contributed by atoms with Gasteiger partial charge in [0.25, 0.3) is 0 Å². The van der Waals surface area contributed by atoms with Crippen LogP contribution in [0, 0.1) is 12.7 Å². The third-order valence-electron chi connectivity index (χ3n) is 2.70. The lowest BCUT2D eigenvalue weighted by atomic mass is 10.1. The molecule has 2 aromatic rings. The molecule has 0 unspecified atom stereocenters. The summed E-state index contributed by atoms with van der Waals surface area (Å²) in [5.74, 6) is 0.474. The summed E-state index contributed by atoms with van der Waals surface area (Å²) in [4.78, 5) is 0. The van der Waals surface area contributed by atoms with Gasteiger partial charge in [-0.3, -0.25) is 0 Å². The first-order chi connectivity index (χ1) is 7.89. The maximum Gasteiger partial charge on any atom is 0.164 e. The molecule has 0 aliphatic carbocycles. The Bertz CT molecular complexity index is 538. The molecule has 0 bridgehead atoms. The highest BCUT2D eigenvalue weighted by atomic mass is 19.1. The third-order valence-corrected chi connectivity index (χ3v) is 2.70. The Morgan fingerprint density at radius 1 is 1.24 bits per heavy atom. The molecule has 0 aliphatic heterocycles. The lowest BCUT2D eigenvalue weighted by molar-refractivity contribution is 0.399. The Morgan fingerprint density at radius 3 is 2.53 bits per heavy atom. The van der Waals surface area contributed by atoms with Crippen molar-refractivity contribution in [1.82, 2.24) is 14.8 Å². The topological polar surface area (TPSA) is 30.7 Å². The van der Waals surface area contributed by atoms with Crippen molar-refractivity contribution in [1.29, 1.82) is 0 Å². The molecule has 3 nitrogen and oxygen atoms in total. The molecule has 0 radical (unpaired) electrons. The first-order valence-corrected chi connectivity index (χ1v) is 5.56. The van der Waals surface area contributed by atoms with Crippen LogP contribution in [0.4, 0.5) is 4.39 Å². The smallest absolute Gasteiger partial charge is 0.164 e. The number of benzene rings is 1. The fraction of sp³-hybridized carbons (Fsp3) is 0.385. The van der Waals surface area contributed by atoms with Crippen molar-refractivity contribution >= 4 is 0 Å². The Hall–Kier alpha value is -1.71. The molecule has 0 saturated heterocycles. The number of aryl methyl sites for hydroxylation is 1. The van der Waals surface area contributed by atoms with Crippen molar-refractivity contribution < 1.29 is 4.39 Å². The minimum Gasteiger partial charge on any atom is -0.308 e. The van der Waals surface area contributed by atoms with Crippen LogP contribution in [0.2, 0.25) is 0 Å². The van der Waals surface area contributed by atoms with Crippen molar-refractivity contribution in [3.63, 3.8) is 0 Å². The molecular weight excluding hydrogens is 217 g/mol. The summed E-state index contributed by atoms with van der Waals surface area (Å²) >= 11 is 0. The van der Waals surface area contributed by atoms with Crippen molar-refractivity contribution in [2.45, 2.75) is 33.2 Å². The van der Waals surface area contributed by atoms with Gasteiger partial charge in [-0.2, -0.15) is 0 Å². The van der Waals surface area contributed by atoms with Crippen LogP contribution in [0.1, 0.15) is 26.3 Å². The SMILES string of the molecule is Cc1ccc(-c2nncn2C(C)(C)C)cc1F. The molecule has 0 saturated carbocycles. The summed E-state index contributed by atoms with van der Waals surface area (Å²) in [6.45, 7) is 7.92. The molecule has 0 aliphatic rings. The lowest BCUT2D eigenvalue weighted by Gasteiger charge is -2.22. The molecule has 0 N–H and O–H groups in total. The normalized spacial score (nSPS) is 11.8. The summed E-state index contributed by atoms with van der Waals surface area (Å²) in [6.07, 6.45) is 1.67. The Kier molecular flexibility index (Phi) is 2.73. The number of hydrogen-bond donors (Lipinski definition) is 0. The summed E-state index contributed by atoms with van der Waals surface area (Å²) in [7, 11) is 0. The van der Waals surface area contributed by atoms with E-state index in [2.05, 4.69) is 31.0 Å². The van der Waals surface area contributed by atoms with Crippen molar-refractivity contribution in [3.05, 3.63) is 35.9 Å². The highest BCUT2D eigenvalue weighted by Gasteiger charge is 2.19. The first-order valence-electron chi connectivity index (χ1n) is 5.56. The minimum absolute atomic E-state index is 0.125. The van der Waals surface area contributed by atoms with Gasteiger partial charge in [0.1, 0.15) is 12.1 Å². The second kappa shape index (κ2) is 3.95. The number of aromatic nitrogens is 3. The molecule has 4 heteroatoms. The second-order valence-electron chi connectivity index (χ2n) is 5.16. The molecule has 0 amide bonds. The molecule has 17 heavy (non-hydrogen) atoms. The van der Waals surface area contributed by atoms with Gasteiger partial charge < -0.3 is 4.57 Å². The van der Waals surface area contributed by atoms with E-state index in [0.29, 0.717) is 11.4 Å². The molecule has 1 aromatic heterocycles. The van der Waals surface area contributed by atoms with E-state index >= 15 is 0 Å². The summed E-state index contributed by atoms with van der Waals surface area (Å²) < 4.78 is 15.5. The van der Waals surface area contributed by atoms with Gasteiger partial charge in [-0.05, 0) is 39.3 Å². The van der Waals surface area contributed by atoms with Gasteiger partial charge >= 0.3 is 0 Å². The maximum absolute atomic E-state index is 13.5. The highest BCUT2D eigenvalue weighted by Crippen LogP contribution is 2.24. The largest absolute Gasteiger partial charge is 0.308 e. The molecule has 1 heterocycles. The average molecular weight is 233 g/mol. The lowest BCUT2D eigenvalue weighted by Crippen LogP contribution is -2.21. The summed E-state index contributed by atoms with van der Waals surface area (Å²) in [5.41, 5.74) is 1.26. The van der Waals surface area contributed by atoms with Gasteiger partial charge in [0.15, 0.2) is 5.82 Å². The van der Waals surface area contributed by atoms with Crippen molar-refractivity contribution in [3.8, 4) is 11.4 Å². The van der Waals surface area contributed by atoms with E-state index in [1.165, 1.54) is 6.07 Å². The highest BCUT2D eigenvalue weighted by molar-refractivity contribution is 5.56. The van der Waals surface area contributed by atoms with Crippen molar-refractivity contribution in [2.75, 3.05) is 0 Å². The minimum atomic E-state index is -0.217. The van der Waals surface area contributed by atoms with Crippen LogP contribution in [0.5, 0.6) is 0 Å². The van der Waals surface area contributed by atoms with E-state index in [9.17, 15) is 4.39 Å². The van der Waals surface area contributed by atoms with Gasteiger partial charge in [0.2, 0.25) is 0 Å². The summed E-state index contributed by atoms with van der Waals surface area (Å²) in [6, 6.07) is 5.12. The maximum atomic E-state index is 13.5. The first kappa shape index (κ1) is 11.8. The predicted octanol–water partition coefficient (Wildman–Crippen LogP) is 3.15. The van der Waals surface area contributed by atoms with Crippen LogP contribution in [-0.2, 0) is 5.54 Å². The Labute approximate surface area is 100 Å². The average Bonchev–Trinajstić information content (AvgIpc) is 2.70. The Balaban J connectivity index is 2.54. The molecule has 90 valence electrons. The third kappa shape index (κ3) is 2.20. The second-order valence-corrected chi connectivity index (χ2v) is 5.16. The van der Waals surface area contributed by atoms with Gasteiger partial charge in [-0.1, -0.05) is 12.1 Å². The number of hydrogen-bond acceptors (Lipinski definition) is 2. The number of rotatable bonds is 1. The predicted molar refractivity (Wildman–Crippen MR) is 65.1 cm³/mol. The van der Waals surface area contributed by atoms with E-state index in [1.807, 2.05) is 10.6 Å². The van der Waals surface area contributed by atoms with Gasteiger partial charge in [0, 0.05) is 11.1 Å². The van der Waals surface area contributed by atoms with Gasteiger partial charge in [0.05, 0.1) is 0 Å². The fourth-order valence-corrected chi connectivity index (χ4v) is 1.65. The molecule has 0 atom stereocenters. The van der Waals surface area contributed by atoms with E-state index < -0.39 is 0 Å². The molecule has 1 aromatic carbocycles. The monoisotopic (exact) mass is 233 g/mol. The molecular formula is C13H16FN3. The number of halogens is 1. The molecule has 0 spiro atoms. The quantitative estimate of drug-likeness (QED) is 0.757. The molecule has 2 rings (SSSR count). The summed E-state index contributed by atoms with van der Waals surface area (Å²) in [5, 5.41) is 7.98. The zero-order valence-electron chi connectivity index (χ0n) is 10.5. The van der Waals surface area contributed by atoms with Crippen LogP contribution in [0.15, 0.2) is 24.5 Å². The number of nitrogens with zero attached hydrogens (tertiary/aromatic N) is 3. The van der Waals surface area contributed by atoms with Gasteiger partial charge in [-0.25, -0.2) is 4.39 Å². The van der Waals surface area contributed by atoms with E-state index in [0.717, 1.165) is 5.56 Å². The molecule has 0 fully saturated rings. The van der Waals surface area contributed by atoms with Crippen LogP contribution in [0.25, 0.3) is 11.4 Å². The zero-order chi connectivity index (χ0) is 12.6. The van der Waals surface area contributed by atoms with Crippen molar-refractivity contribution in [2.24, 2.45) is 0 Å².